The Hall–Kier alpha value is -1.42. The number of halogens is 1. The fourth-order valence-corrected chi connectivity index (χ4v) is 1.93. The van der Waals surface area contributed by atoms with Crippen LogP contribution in [0.3, 0.4) is 0 Å². The van der Waals surface area contributed by atoms with E-state index in [9.17, 15) is 14.3 Å². The summed E-state index contributed by atoms with van der Waals surface area (Å²) in [5.41, 5.74) is -0.0878. The number of hydrogen-bond donors (Lipinski definition) is 1. The molecule has 0 aliphatic heterocycles. The molecule has 0 aliphatic rings. The number of ether oxygens (including phenoxy) is 1. The Balaban J connectivity index is 2.96. The smallest absolute Gasteiger partial charge is 0.194 e. The lowest BCUT2D eigenvalue weighted by Gasteiger charge is -2.19. The van der Waals surface area contributed by atoms with Gasteiger partial charge in [0.1, 0.15) is 17.7 Å². The van der Waals surface area contributed by atoms with E-state index >= 15 is 0 Å². The van der Waals surface area contributed by atoms with Crippen LogP contribution in [0.2, 0.25) is 0 Å². The van der Waals surface area contributed by atoms with Crippen LogP contribution in [0.4, 0.5) is 4.39 Å². The topological polar surface area (TPSA) is 46.5 Å². The van der Waals surface area contributed by atoms with Gasteiger partial charge < -0.3 is 9.84 Å². The van der Waals surface area contributed by atoms with Gasteiger partial charge in [0.05, 0.1) is 12.7 Å². The molecular formula is C14H19FO3. The van der Waals surface area contributed by atoms with Gasteiger partial charge in [0.15, 0.2) is 5.78 Å². The third-order valence-electron chi connectivity index (χ3n) is 3.21. The molecule has 1 N–H and O–H groups in total. The first-order valence-corrected chi connectivity index (χ1v) is 6.10. The van der Waals surface area contributed by atoms with Gasteiger partial charge in [0.25, 0.3) is 0 Å². The quantitative estimate of drug-likeness (QED) is 0.794. The lowest BCUT2D eigenvalue weighted by atomic mass is 9.90. The second kappa shape index (κ2) is 6.50. The molecule has 3 nitrogen and oxygen atoms in total. The Morgan fingerprint density at radius 1 is 1.39 bits per heavy atom. The number of aliphatic hydroxyl groups excluding tert-OH is 1. The van der Waals surface area contributed by atoms with Crippen molar-refractivity contribution in [3.8, 4) is 5.75 Å². The summed E-state index contributed by atoms with van der Waals surface area (Å²) in [6.07, 6.45) is 0.213. The van der Waals surface area contributed by atoms with Crippen LogP contribution in [0.25, 0.3) is 0 Å². The number of benzene rings is 1. The molecule has 0 fully saturated rings. The predicted molar refractivity (Wildman–Crippen MR) is 67.4 cm³/mol. The third-order valence-corrected chi connectivity index (χ3v) is 3.21. The van der Waals surface area contributed by atoms with Crippen LogP contribution in [-0.4, -0.2) is 24.1 Å². The molecule has 0 radical (unpaired) electrons. The van der Waals surface area contributed by atoms with E-state index < -0.39 is 17.7 Å². The molecule has 4 heteroatoms. The van der Waals surface area contributed by atoms with Gasteiger partial charge in [-0.05, 0) is 18.1 Å². The highest BCUT2D eigenvalue weighted by molar-refractivity contribution is 5.99. The van der Waals surface area contributed by atoms with Crippen LogP contribution in [-0.2, 0) is 0 Å². The third kappa shape index (κ3) is 3.07. The van der Waals surface area contributed by atoms with Crippen molar-refractivity contribution in [1.29, 1.82) is 0 Å². The van der Waals surface area contributed by atoms with Crippen molar-refractivity contribution >= 4 is 5.78 Å². The van der Waals surface area contributed by atoms with Crippen LogP contribution >= 0.6 is 0 Å². The number of carbonyl (C=O) groups excluding carboxylic acids is 1. The molecule has 0 saturated heterocycles. The zero-order valence-electron chi connectivity index (χ0n) is 10.9. The highest BCUT2D eigenvalue weighted by Crippen LogP contribution is 2.21. The van der Waals surface area contributed by atoms with Gasteiger partial charge >= 0.3 is 0 Å². The van der Waals surface area contributed by atoms with E-state index in [-0.39, 0.29) is 11.5 Å². The molecular weight excluding hydrogens is 235 g/mol. The lowest BCUT2D eigenvalue weighted by Crippen LogP contribution is -2.29. The fraction of sp³-hybridized carbons (Fsp3) is 0.500. The zero-order valence-corrected chi connectivity index (χ0v) is 10.9. The maximum Gasteiger partial charge on any atom is 0.194 e. The molecule has 0 heterocycles. The van der Waals surface area contributed by atoms with Gasteiger partial charge in [-0.25, -0.2) is 4.39 Å². The summed E-state index contributed by atoms with van der Waals surface area (Å²) < 4.78 is 18.6. The van der Waals surface area contributed by atoms with E-state index in [0.29, 0.717) is 18.6 Å². The maximum atomic E-state index is 13.7. The largest absolute Gasteiger partial charge is 0.497 e. The molecule has 1 rings (SSSR count). The minimum absolute atomic E-state index is 0.0878. The first-order valence-electron chi connectivity index (χ1n) is 6.10. The molecule has 100 valence electrons. The molecule has 18 heavy (non-hydrogen) atoms. The Morgan fingerprint density at radius 3 is 2.44 bits per heavy atom. The van der Waals surface area contributed by atoms with Gasteiger partial charge in [0, 0.05) is 6.07 Å². The summed E-state index contributed by atoms with van der Waals surface area (Å²) in [7, 11) is 1.43. The predicted octanol–water partition coefficient (Wildman–Crippen LogP) is 2.81. The monoisotopic (exact) mass is 254 g/mol. The second-order valence-electron chi connectivity index (χ2n) is 4.23. The van der Waals surface area contributed by atoms with Gasteiger partial charge in [-0.15, -0.1) is 0 Å². The van der Waals surface area contributed by atoms with Crippen molar-refractivity contribution in [3.63, 3.8) is 0 Å². The van der Waals surface area contributed by atoms with Crippen LogP contribution in [0, 0.1) is 11.7 Å². The normalized spacial score (nSPS) is 12.6. The molecule has 0 amide bonds. The number of hydrogen-bond acceptors (Lipinski definition) is 3. The average molecular weight is 254 g/mol. The highest BCUT2D eigenvalue weighted by atomic mass is 19.1. The van der Waals surface area contributed by atoms with Crippen molar-refractivity contribution in [2.45, 2.75) is 32.8 Å². The van der Waals surface area contributed by atoms with E-state index in [1.165, 1.54) is 19.2 Å². The van der Waals surface area contributed by atoms with Crippen LogP contribution < -0.4 is 4.74 Å². The van der Waals surface area contributed by atoms with Gasteiger partial charge in [-0.2, -0.15) is 0 Å². The van der Waals surface area contributed by atoms with E-state index in [4.69, 9.17) is 4.74 Å². The van der Waals surface area contributed by atoms with Crippen molar-refractivity contribution in [1.82, 2.24) is 0 Å². The molecule has 0 aromatic heterocycles. The summed E-state index contributed by atoms with van der Waals surface area (Å²) in [6, 6.07) is 4.00. The fourth-order valence-electron chi connectivity index (χ4n) is 1.93. The summed E-state index contributed by atoms with van der Waals surface area (Å²) in [5, 5.41) is 9.93. The number of ketones is 1. The van der Waals surface area contributed by atoms with Crippen LogP contribution in [0.1, 0.15) is 37.0 Å². The minimum Gasteiger partial charge on any atom is -0.497 e. The van der Waals surface area contributed by atoms with E-state index in [2.05, 4.69) is 0 Å². The molecule has 1 aromatic rings. The molecule has 0 saturated carbocycles. The molecule has 0 bridgehead atoms. The summed E-state index contributed by atoms with van der Waals surface area (Å²) in [6.45, 7) is 3.80. The van der Waals surface area contributed by atoms with E-state index in [0.717, 1.165) is 6.07 Å². The number of carbonyl (C=O) groups is 1. The summed E-state index contributed by atoms with van der Waals surface area (Å²) >= 11 is 0. The van der Waals surface area contributed by atoms with Gasteiger partial charge in [0.2, 0.25) is 0 Å². The Bertz CT molecular complexity index is 414. The van der Waals surface area contributed by atoms with E-state index in [1.54, 1.807) is 0 Å². The summed E-state index contributed by atoms with van der Waals surface area (Å²) in [4.78, 5) is 12.0. The average Bonchev–Trinajstić information content (AvgIpc) is 2.39. The van der Waals surface area contributed by atoms with Crippen LogP contribution in [0.5, 0.6) is 5.75 Å². The Kier molecular flexibility index (Phi) is 5.28. The van der Waals surface area contributed by atoms with E-state index in [1.807, 2.05) is 13.8 Å². The molecule has 1 atom stereocenters. The second-order valence-corrected chi connectivity index (χ2v) is 4.23. The van der Waals surface area contributed by atoms with Crippen molar-refractivity contribution in [2.24, 2.45) is 5.92 Å². The Morgan fingerprint density at radius 2 is 2.00 bits per heavy atom. The maximum absolute atomic E-state index is 13.7. The van der Waals surface area contributed by atoms with Gasteiger partial charge in [-0.3, -0.25) is 4.79 Å². The van der Waals surface area contributed by atoms with Crippen molar-refractivity contribution < 1.29 is 19.0 Å². The summed E-state index contributed by atoms with van der Waals surface area (Å²) in [5.74, 6) is -1.02. The highest BCUT2D eigenvalue weighted by Gasteiger charge is 2.26. The van der Waals surface area contributed by atoms with Crippen molar-refractivity contribution in [3.05, 3.63) is 29.6 Å². The van der Waals surface area contributed by atoms with Crippen molar-refractivity contribution in [2.75, 3.05) is 7.11 Å². The molecule has 0 spiro atoms. The minimum atomic E-state index is -1.15. The molecule has 1 unspecified atom stereocenters. The number of rotatable bonds is 6. The lowest BCUT2D eigenvalue weighted by molar-refractivity contribution is 0.0583. The first kappa shape index (κ1) is 14.6. The van der Waals surface area contributed by atoms with Crippen LogP contribution in [0.15, 0.2) is 18.2 Å². The number of methoxy groups -OCH3 is 1. The molecule has 1 aromatic carbocycles. The Labute approximate surface area is 107 Å². The zero-order chi connectivity index (χ0) is 13.7. The van der Waals surface area contributed by atoms with Gasteiger partial charge in [-0.1, -0.05) is 26.7 Å². The SMILES string of the molecule is CCC(CC)C(O)C(=O)c1ccc(OC)cc1F. The first-order chi connectivity index (χ1) is 8.54. The molecule has 0 aliphatic carbocycles. The number of Topliss-reactive ketones (excluding diaryl/α,β-unsaturated/α-hetero) is 1. The number of aliphatic hydroxyl groups is 1. The standard InChI is InChI=1S/C14H19FO3/c1-4-9(5-2)13(16)14(17)11-7-6-10(18-3)8-12(11)15/h6-9,13,16H,4-5H2,1-3H3.